The molecule has 2 amide bonds. The Morgan fingerprint density at radius 1 is 1.50 bits per heavy atom. The van der Waals surface area contributed by atoms with Crippen LogP contribution in [-0.4, -0.2) is 29.4 Å². The van der Waals surface area contributed by atoms with Crippen LogP contribution in [0.4, 0.5) is 4.79 Å². The number of carbonyl (C=O) groups excluding carboxylic acids is 2. The maximum atomic E-state index is 11.6. The minimum absolute atomic E-state index is 0.194. The molecule has 0 spiro atoms. The van der Waals surface area contributed by atoms with Crippen LogP contribution >= 0.6 is 0 Å². The van der Waals surface area contributed by atoms with E-state index >= 15 is 0 Å². The Balaban J connectivity index is 4.40. The molecule has 16 heavy (non-hydrogen) atoms. The molecule has 0 rings (SSSR count). The lowest BCUT2D eigenvalue weighted by Gasteiger charge is -2.26. The average molecular weight is 232 g/mol. The topological polar surface area (TPSA) is 67.9 Å². The molecule has 0 aliphatic rings. The molecule has 94 valence electrons. The molecule has 0 fully saturated rings. The molecule has 0 radical (unpaired) electrons. The summed E-state index contributed by atoms with van der Waals surface area (Å²) >= 11 is 0. The molecule has 0 heterocycles. The summed E-state index contributed by atoms with van der Waals surface area (Å²) in [4.78, 5) is 27.0. The van der Waals surface area contributed by atoms with Crippen LogP contribution in [0, 0.1) is 0 Å². The van der Waals surface area contributed by atoms with E-state index in [4.69, 9.17) is 9.57 Å². The van der Waals surface area contributed by atoms with E-state index in [1.165, 1.54) is 0 Å². The first-order valence-electron chi connectivity index (χ1n) is 5.19. The summed E-state index contributed by atoms with van der Waals surface area (Å²) in [6.07, 6.45) is 0.117. The molecule has 1 unspecified atom stereocenters. The van der Waals surface area contributed by atoms with Crippen molar-refractivity contribution in [3.8, 4) is 0 Å². The van der Waals surface area contributed by atoms with Gasteiger partial charge >= 0.3 is 6.09 Å². The predicted molar refractivity (Wildman–Crippen MR) is 58.1 cm³/mol. The van der Waals surface area contributed by atoms with Crippen molar-refractivity contribution in [2.75, 3.05) is 0 Å². The van der Waals surface area contributed by atoms with Gasteiger partial charge in [-0.2, -0.15) is 0 Å². The van der Waals surface area contributed by atoms with Gasteiger partial charge in [-0.05, 0) is 34.1 Å². The first-order valence-corrected chi connectivity index (χ1v) is 5.19. The maximum Gasteiger partial charge on any atom is 0.454 e. The normalized spacial score (nSPS) is 12.8. The molecule has 0 aliphatic carbocycles. The van der Waals surface area contributed by atoms with Gasteiger partial charge in [-0.1, -0.05) is 12.1 Å². The SMILES string of the molecule is CCC(C)ON(NC=O)C(=O)OC(C)(C)C. The quantitative estimate of drug-likeness (QED) is 0.577. The van der Waals surface area contributed by atoms with Crippen molar-refractivity contribution in [3.05, 3.63) is 0 Å². The van der Waals surface area contributed by atoms with Crippen LogP contribution in [0.25, 0.3) is 0 Å². The number of hydroxylamine groups is 1. The molecule has 0 bridgehead atoms. The molecular weight excluding hydrogens is 212 g/mol. The number of ether oxygens (including phenoxy) is 1. The highest BCUT2D eigenvalue weighted by Gasteiger charge is 2.24. The number of nitrogens with zero attached hydrogens (tertiary/aromatic N) is 1. The predicted octanol–water partition coefficient (Wildman–Crippen LogP) is 1.61. The summed E-state index contributed by atoms with van der Waals surface area (Å²) in [7, 11) is 0. The first kappa shape index (κ1) is 14.7. The average Bonchev–Trinajstić information content (AvgIpc) is 2.14. The number of amides is 2. The molecule has 1 N–H and O–H groups in total. The highest BCUT2D eigenvalue weighted by molar-refractivity contribution is 5.68. The van der Waals surface area contributed by atoms with Gasteiger partial charge in [0.25, 0.3) is 0 Å². The highest BCUT2D eigenvalue weighted by atomic mass is 16.8. The fourth-order valence-electron chi connectivity index (χ4n) is 0.732. The summed E-state index contributed by atoms with van der Waals surface area (Å²) < 4.78 is 5.04. The van der Waals surface area contributed by atoms with E-state index in [0.29, 0.717) is 18.0 Å². The molecule has 6 nitrogen and oxygen atoms in total. The summed E-state index contributed by atoms with van der Waals surface area (Å²) in [5, 5.41) is 0.701. The highest BCUT2D eigenvalue weighted by Crippen LogP contribution is 2.10. The van der Waals surface area contributed by atoms with Gasteiger partial charge in [-0.15, -0.1) is 0 Å². The number of rotatable bonds is 5. The van der Waals surface area contributed by atoms with E-state index < -0.39 is 11.7 Å². The standard InChI is InChI=1S/C10H20N2O4/c1-6-8(2)16-12(11-7-13)9(14)15-10(3,4)5/h7-8H,6H2,1-5H3,(H,11,13). The number of nitrogens with one attached hydrogen (secondary N) is 1. The molecular formula is C10H20N2O4. The van der Waals surface area contributed by atoms with Crippen LogP contribution in [0.15, 0.2) is 0 Å². The third kappa shape index (κ3) is 6.23. The molecule has 0 aromatic heterocycles. The summed E-state index contributed by atoms with van der Waals surface area (Å²) in [5.74, 6) is 0. The molecule has 0 aliphatic heterocycles. The third-order valence-corrected chi connectivity index (χ3v) is 1.59. The number of hydrogen-bond acceptors (Lipinski definition) is 4. The van der Waals surface area contributed by atoms with Gasteiger partial charge in [0, 0.05) is 0 Å². The lowest BCUT2D eigenvalue weighted by atomic mass is 10.2. The lowest BCUT2D eigenvalue weighted by molar-refractivity contribution is -0.204. The largest absolute Gasteiger partial charge is 0.454 e. The van der Waals surface area contributed by atoms with Gasteiger partial charge in [0.2, 0.25) is 6.41 Å². The first-order chi connectivity index (χ1) is 7.30. The third-order valence-electron chi connectivity index (χ3n) is 1.59. The van der Waals surface area contributed by atoms with Gasteiger partial charge in [0.05, 0.1) is 6.10 Å². The Bertz CT molecular complexity index is 237. The minimum Gasteiger partial charge on any atom is -0.441 e. The lowest BCUT2D eigenvalue weighted by Crippen LogP contribution is -2.46. The Morgan fingerprint density at radius 2 is 2.06 bits per heavy atom. The Morgan fingerprint density at radius 3 is 2.44 bits per heavy atom. The van der Waals surface area contributed by atoms with Crippen molar-refractivity contribution in [1.82, 2.24) is 10.6 Å². The summed E-state index contributed by atoms with van der Waals surface area (Å²) in [6, 6.07) is 0. The van der Waals surface area contributed by atoms with Crippen LogP contribution in [-0.2, 0) is 14.4 Å². The van der Waals surface area contributed by atoms with Gasteiger partial charge < -0.3 is 4.74 Å². The smallest absolute Gasteiger partial charge is 0.441 e. The van der Waals surface area contributed by atoms with Gasteiger partial charge in [0.15, 0.2) is 0 Å². The van der Waals surface area contributed by atoms with Crippen molar-refractivity contribution in [2.24, 2.45) is 0 Å². The van der Waals surface area contributed by atoms with Crippen molar-refractivity contribution >= 4 is 12.5 Å². The molecule has 1 atom stereocenters. The summed E-state index contributed by atoms with van der Waals surface area (Å²) in [5.41, 5.74) is 1.49. The van der Waals surface area contributed by atoms with E-state index in [1.54, 1.807) is 27.7 Å². The van der Waals surface area contributed by atoms with Crippen LogP contribution in [0.5, 0.6) is 0 Å². The minimum atomic E-state index is -0.750. The molecule has 0 aromatic carbocycles. The van der Waals surface area contributed by atoms with Crippen molar-refractivity contribution < 1.29 is 19.2 Å². The summed E-state index contributed by atoms with van der Waals surface area (Å²) in [6.45, 7) is 8.87. The van der Waals surface area contributed by atoms with Crippen molar-refractivity contribution in [2.45, 2.75) is 52.7 Å². The maximum absolute atomic E-state index is 11.6. The number of hydrazine groups is 1. The molecule has 0 aromatic rings. The Kier molecular flexibility index (Phi) is 5.81. The second-order valence-electron chi connectivity index (χ2n) is 4.35. The second kappa shape index (κ2) is 6.32. The fraction of sp³-hybridized carbons (Fsp3) is 0.800. The van der Waals surface area contributed by atoms with E-state index in [1.807, 2.05) is 6.92 Å². The van der Waals surface area contributed by atoms with Crippen LogP contribution in [0.2, 0.25) is 0 Å². The van der Waals surface area contributed by atoms with Crippen LogP contribution < -0.4 is 5.43 Å². The zero-order valence-corrected chi connectivity index (χ0v) is 10.4. The monoisotopic (exact) mass is 232 g/mol. The van der Waals surface area contributed by atoms with Crippen LogP contribution in [0.3, 0.4) is 0 Å². The zero-order chi connectivity index (χ0) is 12.8. The Labute approximate surface area is 95.8 Å². The fourth-order valence-corrected chi connectivity index (χ4v) is 0.732. The number of carbonyl (C=O) groups is 2. The van der Waals surface area contributed by atoms with E-state index in [2.05, 4.69) is 5.43 Å². The molecule has 0 saturated carbocycles. The van der Waals surface area contributed by atoms with Crippen LogP contribution in [0.1, 0.15) is 41.0 Å². The Hall–Kier alpha value is -1.30. The van der Waals surface area contributed by atoms with Gasteiger partial charge in [-0.25, -0.2) is 15.1 Å². The molecule has 6 heteroatoms. The van der Waals surface area contributed by atoms with Crippen molar-refractivity contribution in [1.29, 1.82) is 0 Å². The van der Waals surface area contributed by atoms with E-state index in [-0.39, 0.29) is 6.10 Å². The zero-order valence-electron chi connectivity index (χ0n) is 10.4. The van der Waals surface area contributed by atoms with E-state index in [0.717, 1.165) is 0 Å². The van der Waals surface area contributed by atoms with Gasteiger partial charge in [-0.3, -0.25) is 4.79 Å². The van der Waals surface area contributed by atoms with E-state index in [9.17, 15) is 9.59 Å². The van der Waals surface area contributed by atoms with Gasteiger partial charge in [0.1, 0.15) is 5.60 Å². The number of hydrogen-bond donors (Lipinski definition) is 1. The molecule has 0 saturated heterocycles. The van der Waals surface area contributed by atoms with Crippen molar-refractivity contribution in [3.63, 3.8) is 0 Å². The second-order valence-corrected chi connectivity index (χ2v) is 4.35.